The second-order valence-electron chi connectivity index (χ2n) is 8.39. The maximum atomic E-state index is 12.6. The van der Waals surface area contributed by atoms with Crippen LogP contribution in [0.4, 0.5) is 0 Å². The standard InChI is InChI=1S/C31H28O8/c1-4-28(32)37-19-23-6-11-25(12-7-23)30(34)36-17-16-22-10-15-27(21(3)18-22)39-31(35)26-13-8-24(9-14-26)20-38-29(33)5-2/h4-15,18H,1-2,16-17,19-20H2,3H3. The van der Waals surface area contributed by atoms with Crippen LogP contribution in [-0.2, 0) is 43.4 Å². The van der Waals surface area contributed by atoms with Crippen LogP contribution in [0.5, 0.6) is 5.75 Å². The van der Waals surface area contributed by atoms with E-state index in [2.05, 4.69) is 13.2 Å². The predicted octanol–water partition coefficient (Wildman–Crippen LogP) is 5.07. The van der Waals surface area contributed by atoms with Crippen LogP contribution < -0.4 is 4.74 Å². The highest BCUT2D eigenvalue weighted by Crippen LogP contribution is 2.21. The summed E-state index contributed by atoms with van der Waals surface area (Å²) in [6.45, 7) is 8.84. The van der Waals surface area contributed by atoms with Crippen molar-refractivity contribution in [3.63, 3.8) is 0 Å². The van der Waals surface area contributed by atoms with Crippen LogP contribution >= 0.6 is 0 Å². The van der Waals surface area contributed by atoms with Crippen molar-refractivity contribution in [2.75, 3.05) is 6.61 Å². The van der Waals surface area contributed by atoms with Crippen molar-refractivity contribution in [3.05, 3.63) is 125 Å². The van der Waals surface area contributed by atoms with Gasteiger partial charge in [0.25, 0.3) is 0 Å². The molecule has 0 fully saturated rings. The first-order valence-corrected chi connectivity index (χ1v) is 12.0. The van der Waals surface area contributed by atoms with Gasteiger partial charge in [-0.1, -0.05) is 49.6 Å². The summed E-state index contributed by atoms with van der Waals surface area (Å²) in [6, 6.07) is 18.5. The molecule has 0 bridgehead atoms. The zero-order valence-electron chi connectivity index (χ0n) is 21.5. The monoisotopic (exact) mass is 528 g/mol. The SMILES string of the molecule is C=CC(=O)OCc1ccc(C(=O)OCCc2ccc(OC(=O)c3ccc(COC(=O)C=C)cc3)c(C)c2)cc1. The van der Waals surface area contributed by atoms with Crippen molar-refractivity contribution in [2.45, 2.75) is 26.6 Å². The smallest absolute Gasteiger partial charge is 0.343 e. The average Bonchev–Trinajstić information content (AvgIpc) is 2.96. The molecule has 0 aromatic heterocycles. The maximum absolute atomic E-state index is 12.6. The topological polar surface area (TPSA) is 105 Å². The van der Waals surface area contributed by atoms with Crippen molar-refractivity contribution in [3.8, 4) is 5.75 Å². The molecule has 0 radical (unpaired) electrons. The molecule has 0 N–H and O–H groups in total. The molecule has 3 aromatic carbocycles. The van der Waals surface area contributed by atoms with Gasteiger partial charge in [-0.15, -0.1) is 0 Å². The normalized spacial score (nSPS) is 10.2. The van der Waals surface area contributed by atoms with Gasteiger partial charge in [0.05, 0.1) is 17.7 Å². The minimum atomic E-state index is -0.521. The Morgan fingerprint density at radius 2 is 1.15 bits per heavy atom. The van der Waals surface area contributed by atoms with Crippen molar-refractivity contribution in [1.29, 1.82) is 0 Å². The molecule has 0 aliphatic carbocycles. The summed E-state index contributed by atoms with van der Waals surface area (Å²) in [4.78, 5) is 47.2. The number of carbonyl (C=O) groups excluding carboxylic acids is 4. The Kier molecular flexibility index (Phi) is 10.3. The quantitative estimate of drug-likeness (QED) is 0.139. The number of benzene rings is 3. The third kappa shape index (κ3) is 8.82. The van der Waals surface area contributed by atoms with E-state index in [-0.39, 0.29) is 19.8 Å². The minimum absolute atomic E-state index is 0.0807. The largest absolute Gasteiger partial charge is 0.462 e. The van der Waals surface area contributed by atoms with E-state index in [4.69, 9.17) is 18.9 Å². The molecule has 0 unspecified atom stereocenters. The number of carbonyl (C=O) groups is 4. The molecule has 0 aliphatic heterocycles. The summed E-state index contributed by atoms with van der Waals surface area (Å²) in [5.41, 5.74) is 3.88. The molecule has 0 saturated heterocycles. The minimum Gasteiger partial charge on any atom is -0.462 e. The zero-order chi connectivity index (χ0) is 28.2. The summed E-state index contributed by atoms with van der Waals surface area (Å²) in [7, 11) is 0. The molecule has 39 heavy (non-hydrogen) atoms. The van der Waals surface area contributed by atoms with Gasteiger partial charge >= 0.3 is 23.9 Å². The number of aryl methyl sites for hydroxylation is 1. The molecule has 0 amide bonds. The number of hydrogen-bond acceptors (Lipinski definition) is 8. The Bertz CT molecular complexity index is 1350. The van der Waals surface area contributed by atoms with E-state index in [1.807, 2.05) is 13.0 Å². The third-order valence-electron chi connectivity index (χ3n) is 5.54. The van der Waals surface area contributed by atoms with Crippen LogP contribution in [0.25, 0.3) is 0 Å². The van der Waals surface area contributed by atoms with Gasteiger partial charge in [-0.3, -0.25) is 0 Å². The van der Waals surface area contributed by atoms with Gasteiger partial charge in [-0.25, -0.2) is 19.2 Å². The summed E-state index contributed by atoms with van der Waals surface area (Å²) < 4.78 is 20.8. The Balaban J connectivity index is 1.47. The van der Waals surface area contributed by atoms with Gasteiger partial charge in [-0.2, -0.15) is 0 Å². The molecule has 3 rings (SSSR count). The maximum Gasteiger partial charge on any atom is 0.343 e. The zero-order valence-corrected chi connectivity index (χ0v) is 21.5. The van der Waals surface area contributed by atoms with Gasteiger partial charge in [0.1, 0.15) is 19.0 Å². The number of rotatable bonds is 12. The van der Waals surface area contributed by atoms with Crippen LogP contribution in [0.1, 0.15) is 43.0 Å². The van der Waals surface area contributed by atoms with Crippen LogP contribution in [0, 0.1) is 6.92 Å². The highest BCUT2D eigenvalue weighted by molar-refractivity contribution is 5.91. The summed E-state index contributed by atoms with van der Waals surface area (Å²) in [5, 5.41) is 0. The Morgan fingerprint density at radius 1 is 0.667 bits per heavy atom. The molecule has 0 aliphatic rings. The highest BCUT2D eigenvalue weighted by Gasteiger charge is 2.12. The van der Waals surface area contributed by atoms with Gasteiger partial charge in [0.15, 0.2) is 0 Å². The lowest BCUT2D eigenvalue weighted by Gasteiger charge is -2.10. The van der Waals surface area contributed by atoms with Crippen molar-refractivity contribution in [1.82, 2.24) is 0 Å². The lowest BCUT2D eigenvalue weighted by Crippen LogP contribution is -2.10. The van der Waals surface area contributed by atoms with E-state index in [0.29, 0.717) is 23.3 Å². The Labute approximate surface area is 226 Å². The fraction of sp³-hybridized carbons (Fsp3) is 0.161. The molecule has 0 atom stereocenters. The molecule has 8 heteroatoms. The summed E-state index contributed by atoms with van der Waals surface area (Å²) >= 11 is 0. The van der Waals surface area contributed by atoms with Crippen molar-refractivity contribution < 1.29 is 38.1 Å². The van der Waals surface area contributed by atoms with Crippen molar-refractivity contribution >= 4 is 23.9 Å². The third-order valence-corrected chi connectivity index (χ3v) is 5.54. The molecule has 0 saturated carbocycles. The van der Waals surface area contributed by atoms with E-state index in [9.17, 15) is 19.2 Å². The van der Waals surface area contributed by atoms with E-state index in [1.165, 1.54) is 0 Å². The van der Waals surface area contributed by atoms with Crippen molar-refractivity contribution in [2.24, 2.45) is 0 Å². The highest BCUT2D eigenvalue weighted by atomic mass is 16.5. The van der Waals surface area contributed by atoms with Gasteiger partial charge in [-0.05, 0) is 59.5 Å². The van der Waals surface area contributed by atoms with Gasteiger partial charge in [0.2, 0.25) is 0 Å². The van der Waals surface area contributed by atoms with Gasteiger partial charge in [0, 0.05) is 18.6 Å². The van der Waals surface area contributed by atoms with Crippen LogP contribution in [0.3, 0.4) is 0 Å². The number of hydrogen-bond donors (Lipinski definition) is 0. The number of esters is 4. The molecular formula is C31H28O8. The van der Waals surface area contributed by atoms with E-state index < -0.39 is 23.9 Å². The second-order valence-corrected chi connectivity index (χ2v) is 8.39. The van der Waals surface area contributed by atoms with Crippen LogP contribution in [-0.4, -0.2) is 30.5 Å². The Hall–Kier alpha value is -4.98. The second kappa shape index (κ2) is 14.1. The lowest BCUT2D eigenvalue weighted by molar-refractivity contribution is -0.139. The molecule has 0 heterocycles. The van der Waals surface area contributed by atoms with E-state index in [1.54, 1.807) is 60.7 Å². The fourth-order valence-corrected chi connectivity index (χ4v) is 3.39. The molecular weight excluding hydrogens is 500 g/mol. The lowest BCUT2D eigenvalue weighted by atomic mass is 10.1. The molecule has 0 spiro atoms. The first-order valence-electron chi connectivity index (χ1n) is 12.0. The first kappa shape index (κ1) is 28.6. The fourth-order valence-electron chi connectivity index (χ4n) is 3.39. The predicted molar refractivity (Wildman–Crippen MR) is 143 cm³/mol. The average molecular weight is 529 g/mol. The van der Waals surface area contributed by atoms with Crippen LogP contribution in [0.15, 0.2) is 92.0 Å². The molecule has 8 nitrogen and oxygen atoms in total. The Morgan fingerprint density at radius 3 is 1.64 bits per heavy atom. The molecule has 200 valence electrons. The summed E-state index contributed by atoms with van der Waals surface area (Å²) in [5.74, 6) is -1.59. The van der Waals surface area contributed by atoms with Crippen LogP contribution in [0.2, 0.25) is 0 Å². The molecule has 3 aromatic rings. The summed E-state index contributed by atoms with van der Waals surface area (Å²) in [6.07, 6.45) is 2.65. The first-order chi connectivity index (χ1) is 18.8. The number of ether oxygens (including phenoxy) is 4. The van der Waals surface area contributed by atoms with Gasteiger partial charge < -0.3 is 18.9 Å². The van der Waals surface area contributed by atoms with E-state index >= 15 is 0 Å². The van der Waals surface area contributed by atoms with E-state index in [0.717, 1.165) is 34.4 Å².